The third-order valence-corrected chi connectivity index (χ3v) is 7.89. The Morgan fingerprint density at radius 1 is 1.04 bits per heavy atom. The molecule has 2 amide bonds. The molecule has 0 heterocycles. The van der Waals surface area contributed by atoms with Crippen molar-refractivity contribution in [3.05, 3.63) is 0 Å². The van der Waals surface area contributed by atoms with E-state index in [9.17, 15) is 9.59 Å². The molecule has 0 aromatic carbocycles. The summed E-state index contributed by atoms with van der Waals surface area (Å²) in [6, 6.07) is 0. The fraction of sp³-hybridized carbons (Fsp3) is 0.889. The summed E-state index contributed by atoms with van der Waals surface area (Å²) in [5.41, 5.74) is 0. The van der Waals surface area contributed by atoms with E-state index in [0.29, 0.717) is 24.7 Å². The minimum absolute atomic E-state index is 0.137. The highest BCUT2D eigenvalue weighted by molar-refractivity contribution is 7.78. The van der Waals surface area contributed by atoms with Crippen molar-refractivity contribution >= 4 is 34.4 Å². The van der Waals surface area contributed by atoms with Gasteiger partial charge in [-0.15, -0.1) is 9.24 Å². The molecule has 0 saturated heterocycles. The monoisotopic (exact) mass is 355 g/mol. The molecule has 0 aromatic heterocycles. The van der Waals surface area contributed by atoms with Crippen LogP contribution in [-0.4, -0.2) is 22.8 Å². The second-order valence-electron chi connectivity index (χ2n) is 7.90. The summed E-state index contributed by atoms with van der Waals surface area (Å²) in [6.07, 6.45) is 13.0. The minimum Gasteiger partial charge on any atom is -0.277 e. The second kappa shape index (κ2) is 7.87. The highest BCUT2D eigenvalue weighted by Gasteiger charge is 2.47. The average Bonchev–Trinajstić information content (AvgIpc) is 2.60. The number of carbonyl (C=O) groups excluding carboxylic acids is 2. The molecule has 0 aliphatic heterocycles. The smallest absolute Gasteiger partial charge is 0.239 e. The van der Waals surface area contributed by atoms with E-state index < -0.39 is 0 Å². The fourth-order valence-corrected chi connectivity index (χ4v) is 6.84. The molecule has 0 bridgehead atoms. The molecule has 3 aliphatic rings. The summed E-state index contributed by atoms with van der Waals surface area (Å²) in [6.45, 7) is 0. The Kier molecular flexibility index (Phi) is 6.07. The van der Waals surface area contributed by atoms with Crippen LogP contribution in [0.4, 0.5) is 0 Å². The third-order valence-electron chi connectivity index (χ3n) is 7.03. The first-order chi connectivity index (χ1) is 11.2. The van der Waals surface area contributed by atoms with Gasteiger partial charge in [-0.2, -0.15) is 0 Å². The van der Waals surface area contributed by atoms with E-state index in [-0.39, 0.29) is 5.91 Å². The quantitative estimate of drug-likeness (QED) is 0.471. The average molecular weight is 355 g/mol. The normalized spacial score (nSPS) is 39.9. The molecule has 3 nitrogen and oxygen atoms in total. The summed E-state index contributed by atoms with van der Waals surface area (Å²) in [5, 5.41) is 0. The van der Waals surface area contributed by atoms with Gasteiger partial charge in [0.05, 0.1) is 0 Å². The van der Waals surface area contributed by atoms with E-state index in [0.717, 1.165) is 40.6 Å². The first-order valence-corrected chi connectivity index (χ1v) is 10.5. The minimum atomic E-state index is -0.137. The summed E-state index contributed by atoms with van der Waals surface area (Å²) < 4.78 is 0.921. The number of hydrogen-bond donors (Lipinski definition) is 1. The molecule has 3 rings (SSSR count). The molecule has 3 fully saturated rings. The Hall–Kier alpha value is -0.0800. The van der Waals surface area contributed by atoms with E-state index >= 15 is 0 Å². The van der Waals surface area contributed by atoms with Crippen LogP contribution in [-0.2, 0) is 9.59 Å². The topological polar surface area (TPSA) is 37.4 Å². The number of imide groups is 1. The lowest BCUT2D eigenvalue weighted by molar-refractivity contribution is -0.133. The van der Waals surface area contributed by atoms with Crippen LogP contribution in [0.1, 0.15) is 57.8 Å². The molecule has 5 heteroatoms. The van der Waals surface area contributed by atoms with Gasteiger partial charge in [-0.3, -0.25) is 9.59 Å². The molecule has 0 spiro atoms. The van der Waals surface area contributed by atoms with Crippen molar-refractivity contribution in [2.45, 2.75) is 57.8 Å². The van der Waals surface area contributed by atoms with E-state index in [2.05, 4.69) is 22.1 Å². The fourth-order valence-electron chi connectivity index (χ4n) is 6.02. The third kappa shape index (κ3) is 3.63. The predicted molar refractivity (Wildman–Crippen MR) is 99.0 cm³/mol. The maximum atomic E-state index is 12.1. The zero-order chi connectivity index (χ0) is 16.4. The van der Waals surface area contributed by atoms with Crippen molar-refractivity contribution in [2.24, 2.45) is 35.5 Å². The van der Waals surface area contributed by atoms with Crippen LogP contribution in [0.5, 0.6) is 0 Å². The predicted octanol–water partition coefficient (Wildman–Crippen LogP) is 3.94. The van der Waals surface area contributed by atoms with Gasteiger partial charge in [0.15, 0.2) is 0 Å². The van der Waals surface area contributed by atoms with Crippen LogP contribution < -0.4 is 0 Å². The van der Waals surface area contributed by atoms with Gasteiger partial charge in [0.1, 0.15) is 0 Å². The SMILES string of the molecule is O=CN(S)C(=O)CC1CCC2C3CCCCC3CCC2C1CP. The Labute approximate surface area is 148 Å². The lowest BCUT2D eigenvalue weighted by Crippen LogP contribution is -2.46. The lowest BCUT2D eigenvalue weighted by Gasteiger charge is -2.53. The summed E-state index contributed by atoms with van der Waals surface area (Å²) in [4.78, 5) is 22.9. The molecule has 0 aromatic rings. The highest BCUT2D eigenvalue weighted by Crippen LogP contribution is 2.55. The summed E-state index contributed by atoms with van der Waals surface area (Å²) in [5.74, 6) is 4.54. The highest BCUT2D eigenvalue weighted by atomic mass is 32.1. The van der Waals surface area contributed by atoms with Crippen molar-refractivity contribution in [1.82, 2.24) is 4.31 Å². The number of thiol groups is 1. The molecule has 3 saturated carbocycles. The van der Waals surface area contributed by atoms with Gasteiger partial charge in [-0.1, -0.05) is 32.1 Å². The van der Waals surface area contributed by atoms with Crippen LogP contribution >= 0.6 is 22.1 Å². The second-order valence-corrected chi connectivity index (χ2v) is 8.80. The number of nitrogens with zero attached hydrogens (tertiary/aromatic N) is 1. The molecule has 3 aliphatic carbocycles. The Bertz CT molecular complexity index is 447. The summed E-state index contributed by atoms with van der Waals surface area (Å²) in [7, 11) is 2.93. The van der Waals surface area contributed by atoms with Crippen LogP contribution in [0.15, 0.2) is 0 Å². The molecule has 0 N–H and O–H groups in total. The lowest BCUT2D eigenvalue weighted by atomic mass is 9.53. The van der Waals surface area contributed by atoms with Gasteiger partial charge in [0.25, 0.3) is 0 Å². The number of amides is 2. The van der Waals surface area contributed by atoms with E-state index in [1.807, 2.05) is 0 Å². The molecular weight excluding hydrogens is 325 g/mol. The zero-order valence-electron chi connectivity index (χ0n) is 13.9. The van der Waals surface area contributed by atoms with Crippen LogP contribution in [0.2, 0.25) is 0 Å². The number of rotatable bonds is 4. The molecule has 7 atom stereocenters. The first-order valence-electron chi connectivity index (χ1n) is 9.32. The van der Waals surface area contributed by atoms with E-state index in [1.165, 1.54) is 44.9 Å². The molecule has 7 unspecified atom stereocenters. The molecule has 0 radical (unpaired) electrons. The van der Waals surface area contributed by atoms with Crippen LogP contribution in [0, 0.1) is 35.5 Å². The zero-order valence-corrected chi connectivity index (χ0v) is 15.9. The van der Waals surface area contributed by atoms with Gasteiger partial charge < -0.3 is 0 Å². The van der Waals surface area contributed by atoms with E-state index in [4.69, 9.17) is 0 Å². The maximum absolute atomic E-state index is 12.1. The Balaban J connectivity index is 1.69. The number of hydrogen-bond acceptors (Lipinski definition) is 3. The first kappa shape index (κ1) is 17.7. The van der Waals surface area contributed by atoms with Crippen molar-refractivity contribution in [1.29, 1.82) is 0 Å². The van der Waals surface area contributed by atoms with Gasteiger partial charge in [0, 0.05) is 6.42 Å². The van der Waals surface area contributed by atoms with Crippen molar-refractivity contribution in [3.8, 4) is 0 Å². The summed E-state index contributed by atoms with van der Waals surface area (Å²) >= 11 is 3.95. The van der Waals surface area contributed by atoms with Gasteiger partial charge in [-0.25, -0.2) is 4.31 Å². The van der Waals surface area contributed by atoms with Crippen molar-refractivity contribution in [2.75, 3.05) is 6.16 Å². The van der Waals surface area contributed by atoms with Gasteiger partial charge in [-0.05, 0) is 73.8 Å². The largest absolute Gasteiger partial charge is 0.277 e. The number of carbonyl (C=O) groups is 2. The number of fused-ring (bicyclic) bond motifs is 3. The Morgan fingerprint density at radius 2 is 1.78 bits per heavy atom. The van der Waals surface area contributed by atoms with Crippen LogP contribution in [0.3, 0.4) is 0 Å². The van der Waals surface area contributed by atoms with Crippen molar-refractivity contribution < 1.29 is 9.59 Å². The standard InChI is InChI=1S/C18H30NO2PS/c20-11-19(23)18(21)9-13-6-8-15-14-4-2-1-3-12(14)5-7-16(15)17(13)10-22/h11-17,23H,1-10,22H2. The van der Waals surface area contributed by atoms with Crippen LogP contribution in [0.25, 0.3) is 0 Å². The van der Waals surface area contributed by atoms with Gasteiger partial charge in [0.2, 0.25) is 12.3 Å². The molecule has 130 valence electrons. The Morgan fingerprint density at radius 3 is 2.52 bits per heavy atom. The van der Waals surface area contributed by atoms with E-state index in [1.54, 1.807) is 0 Å². The molecule has 23 heavy (non-hydrogen) atoms. The molecular formula is C18H30NO2PS. The van der Waals surface area contributed by atoms with Crippen molar-refractivity contribution in [3.63, 3.8) is 0 Å². The maximum Gasteiger partial charge on any atom is 0.239 e. The van der Waals surface area contributed by atoms with Gasteiger partial charge >= 0.3 is 0 Å².